The van der Waals surface area contributed by atoms with Crippen molar-refractivity contribution in [3.63, 3.8) is 0 Å². The third kappa shape index (κ3) is 6.82. The number of alkyl carbamates (subject to hydrolysis) is 1. The first-order valence-electron chi connectivity index (χ1n) is 12.1. The maximum atomic E-state index is 13.1. The van der Waals surface area contributed by atoms with Crippen LogP contribution in [0, 0.1) is 0 Å². The summed E-state index contributed by atoms with van der Waals surface area (Å²) in [7, 11) is 1.58. The number of ether oxygens (including phenoxy) is 2. The molecule has 1 unspecified atom stereocenters. The van der Waals surface area contributed by atoms with Crippen molar-refractivity contribution < 1.29 is 29.0 Å². The number of rotatable bonds is 13. The van der Waals surface area contributed by atoms with Crippen LogP contribution in [0.3, 0.4) is 0 Å². The average Bonchev–Trinajstić information content (AvgIpc) is 3.18. The van der Waals surface area contributed by atoms with Crippen molar-refractivity contribution in [3.8, 4) is 11.1 Å². The van der Waals surface area contributed by atoms with Gasteiger partial charge in [0, 0.05) is 39.1 Å². The van der Waals surface area contributed by atoms with Crippen LogP contribution < -0.4 is 5.32 Å². The number of carboxylic acid groups (broad SMARTS) is 1. The zero-order valence-electron chi connectivity index (χ0n) is 20.4. The van der Waals surface area contributed by atoms with Crippen molar-refractivity contribution >= 4 is 18.0 Å². The number of likely N-dealkylation sites (N-methyl/N-ethyl adjacent to an activating group) is 1. The molecule has 0 aromatic heterocycles. The first-order chi connectivity index (χ1) is 17.0. The highest BCUT2D eigenvalue weighted by Crippen LogP contribution is 2.44. The topological polar surface area (TPSA) is 105 Å². The van der Waals surface area contributed by atoms with Gasteiger partial charge < -0.3 is 24.8 Å². The van der Waals surface area contributed by atoms with E-state index in [1.807, 2.05) is 31.2 Å². The lowest BCUT2D eigenvalue weighted by atomic mass is 9.98. The molecule has 0 saturated carbocycles. The molecule has 0 radical (unpaired) electrons. The molecule has 0 spiro atoms. The molecule has 0 bridgehead atoms. The van der Waals surface area contributed by atoms with Crippen molar-refractivity contribution in [2.45, 2.75) is 44.6 Å². The van der Waals surface area contributed by atoms with Crippen molar-refractivity contribution in [1.82, 2.24) is 10.2 Å². The number of nitrogens with one attached hydrogen (secondary N) is 1. The van der Waals surface area contributed by atoms with E-state index in [1.165, 1.54) is 0 Å². The number of nitrogens with zero attached hydrogens (tertiary/aromatic N) is 1. The Morgan fingerprint density at radius 2 is 1.66 bits per heavy atom. The molecule has 1 aliphatic rings. The van der Waals surface area contributed by atoms with E-state index in [2.05, 4.69) is 29.6 Å². The fourth-order valence-electron chi connectivity index (χ4n) is 4.54. The zero-order valence-corrected chi connectivity index (χ0v) is 20.4. The van der Waals surface area contributed by atoms with Gasteiger partial charge in [-0.05, 0) is 48.4 Å². The predicted molar refractivity (Wildman–Crippen MR) is 132 cm³/mol. The molecule has 0 fully saturated rings. The van der Waals surface area contributed by atoms with E-state index in [0.717, 1.165) is 22.3 Å². The molecule has 1 atom stereocenters. The third-order valence-corrected chi connectivity index (χ3v) is 6.29. The lowest BCUT2D eigenvalue weighted by Crippen LogP contribution is -2.49. The van der Waals surface area contributed by atoms with Gasteiger partial charge in [-0.1, -0.05) is 48.5 Å². The molecule has 0 saturated heterocycles. The summed E-state index contributed by atoms with van der Waals surface area (Å²) in [5.74, 6) is -1.22. The molecular weight excluding hydrogens is 448 g/mol. The molecule has 2 N–H and O–H groups in total. The smallest absolute Gasteiger partial charge is 0.407 e. The first kappa shape index (κ1) is 26.2. The van der Waals surface area contributed by atoms with E-state index in [4.69, 9.17) is 14.6 Å². The van der Waals surface area contributed by atoms with Crippen LogP contribution in [-0.2, 0) is 19.1 Å². The lowest BCUT2D eigenvalue weighted by molar-refractivity contribution is -0.138. The summed E-state index contributed by atoms with van der Waals surface area (Å²) in [5.41, 5.74) is 4.52. The minimum Gasteiger partial charge on any atom is -0.481 e. The Bertz CT molecular complexity index is 979. The zero-order chi connectivity index (χ0) is 25.2. The maximum absolute atomic E-state index is 13.1. The summed E-state index contributed by atoms with van der Waals surface area (Å²) < 4.78 is 10.7. The Hall–Kier alpha value is -3.39. The molecule has 0 heterocycles. The number of aliphatic carboxylic acids is 1. The summed E-state index contributed by atoms with van der Waals surface area (Å²) in [6.07, 6.45) is 0.669. The SMILES string of the molecule is CCN(CCCC(=O)O)C(=O)C(CCCOC)NC(=O)OCC1c2ccccc2-c2ccccc21. The normalized spacial score (nSPS) is 13.0. The van der Waals surface area contributed by atoms with Gasteiger partial charge in [-0.2, -0.15) is 0 Å². The second-order valence-corrected chi connectivity index (χ2v) is 8.57. The van der Waals surface area contributed by atoms with Crippen LogP contribution in [-0.4, -0.2) is 67.4 Å². The minimum atomic E-state index is -0.901. The van der Waals surface area contributed by atoms with Gasteiger partial charge in [0.05, 0.1) is 0 Å². The van der Waals surface area contributed by atoms with Crippen LogP contribution in [0.1, 0.15) is 49.7 Å². The number of hydrogen-bond acceptors (Lipinski definition) is 5. The molecule has 2 aromatic carbocycles. The van der Waals surface area contributed by atoms with Crippen molar-refractivity contribution in [2.24, 2.45) is 0 Å². The fourth-order valence-corrected chi connectivity index (χ4v) is 4.54. The van der Waals surface area contributed by atoms with Gasteiger partial charge in [0.15, 0.2) is 0 Å². The van der Waals surface area contributed by atoms with Crippen LogP contribution in [0.2, 0.25) is 0 Å². The summed E-state index contributed by atoms with van der Waals surface area (Å²) in [5, 5.41) is 11.6. The number of fused-ring (bicyclic) bond motifs is 3. The Morgan fingerprint density at radius 3 is 2.23 bits per heavy atom. The van der Waals surface area contributed by atoms with Gasteiger partial charge >= 0.3 is 12.1 Å². The van der Waals surface area contributed by atoms with Gasteiger partial charge in [-0.15, -0.1) is 0 Å². The Kier molecular flexibility index (Phi) is 9.66. The second-order valence-electron chi connectivity index (χ2n) is 8.57. The highest BCUT2D eigenvalue weighted by Gasteiger charge is 2.30. The third-order valence-electron chi connectivity index (χ3n) is 6.29. The van der Waals surface area contributed by atoms with Gasteiger partial charge in [0.1, 0.15) is 12.6 Å². The molecule has 3 rings (SSSR count). The molecule has 8 heteroatoms. The summed E-state index contributed by atoms with van der Waals surface area (Å²) in [6, 6.07) is 15.4. The standard InChI is InChI=1S/C27H34N2O6/c1-3-29(16-8-15-25(30)31)26(32)24(14-9-17-34-2)28-27(33)35-18-23-21-12-6-4-10-19(21)20-11-5-7-13-22(20)23/h4-7,10-13,23-24H,3,8-9,14-18H2,1-2H3,(H,28,33)(H,30,31). The second kappa shape index (κ2) is 12.9. The number of methoxy groups -OCH3 is 1. The lowest BCUT2D eigenvalue weighted by Gasteiger charge is -2.27. The number of benzene rings is 2. The van der Waals surface area contributed by atoms with E-state index >= 15 is 0 Å². The molecule has 1 aliphatic carbocycles. The molecule has 8 nitrogen and oxygen atoms in total. The van der Waals surface area contributed by atoms with E-state index in [1.54, 1.807) is 12.0 Å². The van der Waals surface area contributed by atoms with E-state index in [9.17, 15) is 14.4 Å². The molecular formula is C27H34N2O6. The van der Waals surface area contributed by atoms with E-state index in [0.29, 0.717) is 39.0 Å². The van der Waals surface area contributed by atoms with Crippen LogP contribution in [0.15, 0.2) is 48.5 Å². The maximum Gasteiger partial charge on any atom is 0.407 e. The summed E-state index contributed by atoms with van der Waals surface area (Å²) in [6.45, 7) is 3.19. The largest absolute Gasteiger partial charge is 0.481 e. The van der Waals surface area contributed by atoms with Crippen LogP contribution in [0.25, 0.3) is 11.1 Å². The quantitative estimate of drug-likeness (QED) is 0.418. The number of carbonyl (C=O) groups excluding carboxylic acids is 2. The Morgan fingerprint density at radius 1 is 1.03 bits per heavy atom. The first-order valence-corrected chi connectivity index (χ1v) is 12.1. The van der Waals surface area contributed by atoms with Gasteiger partial charge in [-0.3, -0.25) is 9.59 Å². The molecule has 2 amide bonds. The Labute approximate surface area is 206 Å². The summed E-state index contributed by atoms with van der Waals surface area (Å²) in [4.78, 5) is 38.3. The van der Waals surface area contributed by atoms with Gasteiger partial charge in [0.2, 0.25) is 5.91 Å². The number of amides is 2. The monoisotopic (exact) mass is 482 g/mol. The molecule has 35 heavy (non-hydrogen) atoms. The highest BCUT2D eigenvalue weighted by molar-refractivity contribution is 5.86. The van der Waals surface area contributed by atoms with Crippen molar-refractivity contribution in [3.05, 3.63) is 59.7 Å². The van der Waals surface area contributed by atoms with Crippen molar-refractivity contribution in [2.75, 3.05) is 33.4 Å². The average molecular weight is 483 g/mol. The van der Waals surface area contributed by atoms with Gasteiger partial charge in [-0.25, -0.2) is 4.79 Å². The highest BCUT2D eigenvalue weighted by atomic mass is 16.5. The van der Waals surface area contributed by atoms with E-state index < -0.39 is 18.1 Å². The number of hydrogen-bond donors (Lipinski definition) is 2. The van der Waals surface area contributed by atoms with E-state index in [-0.39, 0.29) is 24.9 Å². The fraction of sp³-hybridized carbons (Fsp3) is 0.444. The van der Waals surface area contributed by atoms with Crippen LogP contribution in [0.4, 0.5) is 4.79 Å². The predicted octanol–water partition coefficient (Wildman–Crippen LogP) is 4.03. The molecule has 0 aliphatic heterocycles. The molecule has 188 valence electrons. The van der Waals surface area contributed by atoms with Crippen molar-refractivity contribution in [1.29, 1.82) is 0 Å². The number of carbonyl (C=O) groups is 3. The molecule has 2 aromatic rings. The van der Waals surface area contributed by atoms with Gasteiger partial charge in [0.25, 0.3) is 0 Å². The van der Waals surface area contributed by atoms with Crippen LogP contribution in [0.5, 0.6) is 0 Å². The van der Waals surface area contributed by atoms with Crippen LogP contribution >= 0.6 is 0 Å². The minimum absolute atomic E-state index is 0.0159. The summed E-state index contributed by atoms with van der Waals surface area (Å²) >= 11 is 0. The number of carboxylic acids is 1. The Balaban J connectivity index is 1.64.